The van der Waals surface area contributed by atoms with Crippen LogP contribution in [0.3, 0.4) is 0 Å². The monoisotopic (exact) mass is 604 g/mol. The number of para-hydroxylation sites is 2. The number of nitrogens with one attached hydrogen (secondary N) is 1. The molecule has 3 atom stereocenters. The van der Waals surface area contributed by atoms with Crippen LogP contribution in [0, 0.1) is 0 Å². The Bertz CT molecular complexity index is 2500. The first-order valence-electron chi connectivity index (χ1n) is 16.4. The number of hydrogen-bond acceptors (Lipinski definition) is 1. The van der Waals surface area contributed by atoms with E-state index in [4.69, 9.17) is 4.74 Å². The van der Waals surface area contributed by atoms with Gasteiger partial charge in [-0.1, -0.05) is 122 Å². The molecule has 3 heteroatoms. The molecule has 3 unspecified atom stereocenters. The van der Waals surface area contributed by atoms with Gasteiger partial charge in [0.15, 0.2) is 0 Å². The van der Waals surface area contributed by atoms with Gasteiger partial charge in [-0.25, -0.2) is 0 Å². The second-order valence-corrected chi connectivity index (χ2v) is 13.1. The molecule has 0 fully saturated rings. The number of nitrogens with zero attached hydrogens (tertiary/aromatic N) is 1. The lowest BCUT2D eigenvalue weighted by Gasteiger charge is -2.48. The summed E-state index contributed by atoms with van der Waals surface area (Å²) in [5, 5.41) is 3.64. The molecule has 2 aromatic heterocycles. The number of benzene rings is 6. The van der Waals surface area contributed by atoms with Gasteiger partial charge in [0.05, 0.1) is 16.4 Å². The summed E-state index contributed by atoms with van der Waals surface area (Å²) in [6.07, 6.45) is 4.37. The maximum atomic E-state index is 7.26. The van der Waals surface area contributed by atoms with E-state index in [0.29, 0.717) is 0 Å². The van der Waals surface area contributed by atoms with Crippen LogP contribution >= 0.6 is 0 Å². The molecule has 224 valence electrons. The number of fused-ring (bicyclic) bond motifs is 10. The summed E-state index contributed by atoms with van der Waals surface area (Å²) < 4.78 is 9.65. The van der Waals surface area contributed by atoms with Crippen molar-refractivity contribution in [2.75, 3.05) is 0 Å². The van der Waals surface area contributed by atoms with Crippen molar-refractivity contribution in [1.82, 2.24) is 9.55 Å². The Hall–Kier alpha value is -5.80. The predicted octanol–water partition coefficient (Wildman–Crippen LogP) is 10.8. The number of H-pyrrole nitrogens is 1. The maximum absolute atomic E-state index is 7.26. The molecule has 0 saturated carbocycles. The fraction of sp³-hybridized carbons (Fsp3) is 0.0909. The normalized spacial score (nSPS) is 19.8. The van der Waals surface area contributed by atoms with Gasteiger partial charge in [-0.05, 0) is 64.7 Å². The smallest absolute Gasteiger partial charge is 0.134 e. The molecule has 0 amide bonds. The highest BCUT2D eigenvalue weighted by molar-refractivity contribution is 6.13. The van der Waals surface area contributed by atoms with E-state index in [9.17, 15) is 0 Å². The molecule has 1 aliphatic heterocycles. The van der Waals surface area contributed by atoms with Crippen molar-refractivity contribution in [3.63, 3.8) is 0 Å². The highest BCUT2D eigenvalue weighted by Crippen LogP contribution is 2.58. The topological polar surface area (TPSA) is 29.9 Å². The Labute approximate surface area is 273 Å². The third kappa shape index (κ3) is 3.68. The van der Waals surface area contributed by atoms with Crippen molar-refractivity contribution in [2.24, 2.45) is 0 Å². The molecule has 1 aliphatic carbocycles. The van der Waals surface area contributed by atoms with Gasteiger partial charge in [-0.15, -0.1) is 0 Å². The molecule has 3 nitrogen and oxygen atoms in total. The average molecular weight is 605 g/mol. The molecule has 47 heavy (non-hydrogen) atoms. The molecular weight excluding hydrogens is 572 g/mol. The minimum absolute atomic E-state index is 0.0879. The highest BCUT2D eigenvalue weighted by Gasteiger charge is 2.51. The largest absolute Gasteiger partial charge is 0.485 e. The minimum Gasteiger partial charge on any atom is -0.485 e. The summed E-state index contributed by atoms with van der Waals surface area (Å²) in [7, 11) is 0. The van der Waals surface area contributed by atoms with E-state index in [1.807, 2.05) is 0 Å². The van der Waals surface area contributed by atoms with Gasteiger partial charge in [0.25, 0.3) is 0 Å². The zero-order valence-corrected chi connectivity index (χ0v) is 26.0. The first kappa shape index (κ1) is 26.4. The predicted molar refractivity (Wildman–Crippen MR) is 194 cm³/mol. The van der Waals surface area contributed by atoms with Crippen LogP contribution in [0.2, 0.25) is 0 Å². The second-order valence-electron chi connectivity index (χ2n) is 13.1. The van der Waals surface area contributed by atoms with Crippen LogP contribution in [0.1, 0.15) is 35.2 Å². The van der Waals surface area contributed by atoms with Crippen molar-refractivity contribution in [1.29, 1.82) is 0 Å². The average Bonchev–Trinajstić information content (AvgIpc) is 3.68. The van der Waals surface area contributed by atoms with E-state index >= 15 is 0 Å². The second kappa shape index (κ2) is 9.85. The van der Waals surface area contributed by atoms with Crippen LogP contribution in [0.25, 0.3) is 55.6 Å². The van der Waals surface area contributed by atoms with Gasteiger partial charge in [-0.2, -0.15) is 0 Å². The lowest BCUT2D eigenvalue weighted by molar-refractivity contribution is 0.152. The summed E-state index contributed by atoms with van der Waals surface area (Å²) in [6, 6.07) is 52.6. The fourth-order valence-corrected chi connectivity index (χ4v) is 8.54. The van der Waals surface area contributed by atoms with Crippen LogP contribution in [0.4, 0.5) is 0 Å². The maximum Gasteiger partial charge on any atom is 0.134 e. The fourth-order valence-electron chi connectivity index (χ4n) is 8.54. The van der Waals surface area contributed by atoms with E-state index in [2.05, 4.69) is 174 Å². The lowest BCUT2D eigenvalue weighted by Crippen LogP contribution is -2.45. The first-order valence-corrected chi connectivity index (χ1v) is 16.4. The lowest BCUT2D eigenvalue weighted by atomic mass is 9.60. The van der Waals surface area contributed by atoms with Crippen molar-refractivity contribution < 1.29 is 4.74 Å². The number of rotatable bonds is 3. The van der Waals surface area contributed by atoms with Crippen molar-refractivity contribution >= 4 is 38.8 Å². The third-order valence-corrected chi connectivity index (χ3v) is 10.7. The van der Waals surface area contributed by atoms with Gasteiger partial charge in [0, 0.05) is 44.6 Å². The highest BCUT2D eigenvalue weighted by atomic mass is 16.5. The summed E-state index contributed by atoms with van der Waals surface area (Å²) in [4.78, 5) is 3.71. The standard InChI is InChI=1S/C44H32N2O/c1-44(30-14-6-3-7-15-30)34-24-26-38-41(43(34)47-39-27-25-36-40(42(39)44)32-16-8-10-18-35(32)45-36)33-17-9-11-19-37(33)46(38)31-22-20-29(21-23-31)28-12-4-2-5-13-28/h2-27,39,42,45H,1H3. The Morgan fingerprint density at radius 2 is 1.32 bits per heavy atom. The van der Waals surface area contributed by atoms with E-state index < -0.39 is 0 Å². The molecule has 0 radical (unpaired) electrons. The van der Waals surface area contributed by atoms with Gasteiger partial charge in [0.1, 0.15) is 11.9 Å². The molecule has 8 aromatic rings. The molecular formula is C44H32N2O. The summed E-state index contributed by atoms with van der Waals surface area (Å²) in [5.74, 6) is 1.07. The molecule has 0 spiro atoms. The van der Waals surface area contributed by atoms with E-state index in [1.165, 1.54) is 60.7 Å². The van der Waals surface area contributed by atoms with Crippen molar-refractivity contribution in [3.8, 4) is 22.6 Å². The molecule has 1 N–H and O–H groups in total. The number of ether oxygens (including phenoxy) is 1. The Morgan fingerprint density at radius 1 is 0.638 bits per heavy atom. The summed E-state index contributed by atoms with van der Waals surface area (Å²) in [5.41, 5.74) is 11.8. The van der Waals surface area contributed by atoms with Crippen LogP contribution in [0.15, 0.2) is 152 Å². The Morgan fingerprint density at radius 3 is 2.13 bits per heavy atom. The molecule has 2 aliphatic rings. The minimum atomic E-state index is -0.349. The number of hydrogen-bond donors (Lipinski definition) is 1. The van der Waals surface area contributed by atoms with E-state index in [0.717, 1.165) is 17.0 Å². The number of aromatic amines is 1. The van der Waals surface area contributed by atoms with Gasteiger partial charge in [0.2, 0.25) is 0 Å². The van der Waals surface area contributed by atoms with Gasteiger partial charge >= 0.3 is 0 Å². The van der Waals surface area contributed by atoms with Crippen LogP contribution in [-0.2, 0) is 5.41 Å². The Balaban J connectivity index is 1.24. The summed E-state index contributed by atoms with van der Waals surface area (Å²) >= 11 is 0. The molecule has 3 heterocycles. The Kier molecular flexibility index (Phi) is 5.54. The third-order valence-electron chi connectivity index (χ3n) is 10.7. The zero-order valence-electron chi connectivity index (χ0n) is 26.0. The number of aromatic nitrogens is 2. The molecule has 0 bridgehead atoms. The van der Waals surface area contributed by atoms with E-state index in [-0.39, 0.29) is 17.4 Å². The van der Waals surface area contributed by atoms with Crippen molar-refractivity contribution in [3.05, 3.63) is 174 Å². The molecule has 0 saturated heterocycles. The zero-order chi connectivity index (χ0) is 31.1. The van der Waals surface area contributed by atoms with E-state index in [1.54, 1.807) is 0 Å². The van der Waals surface area contributed by atoms with Crippen LogP contribution in [0.5, 0.6) is 5.75 Å². The van der Waals surface area contributed by atoms with Gasteiger partial charge < -0.3 is 14.3 Å². The molecule has 10 rings (SSSR count). The van der Waals surface area contributed by atoms with Crippen LogP contribution in [-0.4, -0.2) is 15.7 Å². The van der Waals surface area contributed by atoms with Crippen LogP contribution < -0.4 is 4.74 Å². The van der Waals surface area contributed by atoms with Crippen molar-refractivity contribution in [2.45, 2.75) is 24.4 Å². The van der Waals surface area contributed by atoms with Gasteiger partial charge in [-0.3, -0.25) is 0 Å². The SMILES string of the molecule is CC1(c2ccccc2)c2ccc3c(c2OC2C=Cc4[nH]c5ccccc5c4C21)c1ccccc1n3-c1ccc(-c2ccccc2)cc1. The quantitative estimate of drug-likeness (QED) is 0.214. The summed E-state index contributed by atoms with van der Waals surface area (Å²) in [6.45, 7) is 2.43. The molecule has 6 aromatic carbocycles. The first-order chi connectivity index (χ1) is 23.2.